The highest BCUT2D eigenvalue weighted by atomic mass is 32.2. The molecule has 2 aromatic carbocycles. The second kappa shape index (κ2) is 11.2. The van der Waals surface area contributed by atoms with Crippen LogP contribution in [0, 0.1) is 5.41 Å². The van der Waals surface area contributed by atoms with Crippen molar-refractivity contribution in [2.24, 2.45) is 5.41 Å². The van der Waals surface area contributed by atoms with Crippen molar-refractivity contribution in [2.75, 3.05) is 65.0 Å². The first-order chi connectivity index (χ1) is 20.1. The van der Waals surface area contributed by atoms with Crippen LogP contribution < -0.4 is 24.6 Å². The van der Waals surface area contributed by atoms with E-state index in [1.165, 1.54) is 12.8 Å². The Morgan fingerprint density at radius 2 is 1.64 bits per heavy atom. The topological polar surface area (TPSA) is 111 Å². The number of nitrogens with one attached hydrogen (secondary N) is 2. The van der Waals surface area contributed by atoms with Crippen LogP contribution in [0.5, 0.6) is 5.75 Å². The lowest BCUT2D eigenvalue weighted by molar-refractivity contribution is -0.0221. The highest BCUT2D eigenvalue weighted by Gasteiger charge is 2.44. The quantitative estimate of drug-likeness (QED) is 0.404. The number of amides is 1. The second-order valence-electron chi connectivity index (χ2n) is 12.1. The number of carbonyl (C=O) groups is 1. The van der Waals surface area contributed by atoms with Gasteiger partial charge in [-0.3, -0.25) is 9.52 Å². The lowest BCUT2D eigenvalue weighted by atomic mass is 9.93. The number of piperidine rings is 2. The van der Waals surface area contributed by atoms with Crippen LogP contribution in [0.3, 0.4) is 0 Å². The SMILES string of the molecule is O=C(Nc1ccc(NS(=O)(=O)CCO)cc1N1CCC2(CC1)CC2)c1cc2c(c(N3CCC(F)(F)CC3)c1)OCCC2. The van der Waals surface area contributed by atoms with E-state index in [0.717, 1.165) is 50.0 Å². The van der Waals surface area contributed by atoms with Crippen molar-refractivity contribution in [2.45, 2.75) is 57.3 Å². The molecule has 228 valence electrons. The zero-order valence-electron chi connectivity index (χ0n) is 23.6. The predicted molar refractivity (Wildman–Crippen MR) is 159 cm³/mol. The number of ether oxygens (including phenoxy) is 1. The van der Waals surface area contributed by atoms with Crippen LogP contribution in [0.15, 0.2) is 30.3 Å². The summed E-state index contributed by atoms with van der Waals surface area (Å²) in [6.45, 7) is 2.03. The van der Waals surface area contributed by atoms with E-state index in [0.29, 0.717) is 40.4 Å². The number of carbonyl (C=O) groups excluding carboxylic acids is 1. The maximum Gasteiger partial charge on any atom is 0.255 e. The Bertz CT molecular complexity index is 1440. The number of aliphatic hydroxyl groups is 1. The third-order valence-electron chi connectivity index (χ3n) is 9.08. The molecule has 3 heterocycles. The summed E-state index contributed by atoms with van der Waals surface area (Å²) in [5.41, 5.74) is 4.06. The van der Waals surface area contributed by atoms with Crippen molar-refractivity contribution in [1.29, 1.82) is 0 Å². The number of halogens is 2. The molecule has 2 aromatic rings. The molecule has 3 fully saturated rings. The highest BCUT2D eigenvalue weighted by Crippen LogP contribution is 2.54. The molecule has 2 saturated heterocycles. The average Bonchev–Trinajstić information content (AvgIpc) is 3.72. The molecule has 0 aromatic heterocycles. The molecule has 1 amide bonds. The summed E-state index contributed by atoms with van der Waals surface area (Å²) >= 11 is 0. The summed E-state index contributed by atoms with van der Waals surface area (Å²) in [6.07, 6.45) is 5.63. The van der Waals surface area contributed by atoms with Crippen LogP contribution in [0.2, 0.25) is 0 Å². The zero-order valence-corrected chi connectivity index (χ0v) is 24.4. The molecule has 1 aliphatic carbocycles. The normalized spacial score (nSPS) is 20.9. The Hall–Kier alpha value is -3.12. The largest absolute Gasteiger partial charge is 0.491 e. The van der Waals surface area contributed by atoms with E-state index in [2.05, 4.69) is 14.9 Å². The Morgan fingerprint density at radius 1 is 0.952 bits per heavy atom. The molecule has 9 nitrogen and oxygen atoms in total. The molecule has 6 rings (SSSR count). The van der Waals surface area contributed by atoms with E-state index in [4.69, 9.17) is 9.84 Å². The van der Waals surface area contributed by atoms with Gasteiger partial charge >= 0.3 is 0 Å². The van der Waals surface area contributed by atoms with Gasteiger partial charge in [0.15, 0.2) is 0 Å². The van der Waals surface area contributed by atoms with Crippen molar-refractivity contribution >= 4 is 38.7 Å². The van der Waals surface area contributed by atoms with E-state index < -0.39 is 28.3 Å². The van der Waals surface area contributed by atoms with Crippen molar-refractivity contribution in [3.63, 3.8) is 0 Å². The van der Waals surface area contributed by atoms with Crippen LogP contribution in [-0.2, 0) is 16.4 Å². The Balaban J connectivity index is 1.29. The zero-order chi connectivity index (χ0) is 29.5. The third kappa shape index (κ3) is 6.29. The maximum atomic E-state index is 13.9. The molecule has 42 heavy (non-hydrogen) atoms. The molecule has 1 spiro atoms. The summed E-state index contributed by atoms with van der Waals surface area (Å²) in [4.78, 5) is 17.8. The number of hydrogen-bond donors (Lipinski definition) is 3. The van der Waals surface area contributed by atoms with Crippen LogP contribution in [0.25, 0.3) is 0 Å². The van der Waals surface area contributed by atoms with Crippen molar-refractivity contribution in [3.05, 3.63) is 41.5 Å². The summed E-state index contributed by atoms with van der Waals surface area (Å²) in [7, 11) is -3.72. The predicted octanol–water partition coefficient (Wildman–Crippen LogP) is 4.61. The minimum Gasteiger partial charge on any atom is -0.491 e. The van der Waals surface area contributed by atoms with Crippen LogP contribution >= 0.6 is 0 Å². The van der Waals surface area contributed by atoms with Gasteiger partial charge in [-0.1, -0.05) is 0 Å². The number of benzene rings is 2. The minimum absolute atomic E-state index is 0.183. The molecule has 0 radical (unpaired) electrons. The van der Waals surface area contributed by atoms with Gasteiger partial charge in [0.1, 0.15) is 5.75 Å². The number of aliphatic hydroxyl groups excluding tert-OH is 1. The summed E-state index contributed by atoms with van der Waals surface area (Å²) in [6, 6.07) is 8.58. The van der Waals surface area contributed by atoms with Crippen molar-refractivity contribution in [3.8, 4) is 5.75 Å². The smallest absolute Gasteiger partial charge is 0.255 e. The highest BCUT2D eigenvalue weighted by molar-refractivity contribution is 7.92. The number of aryl methyl sites for hydroxylation is 1. The van der Waals surface area contributed by atoms with E-state index in [-0.39, 0.29) is 31.8 Å². The van der Waals surface area contributed by atoms with Crippen LogP contribution in [0.1, 0.15) is 60.9 Å². The summed E-state index contributed by atoms with van der Waals surface area (Å²) in [5.74, 6) is -2.76. The van der Waals surface area contributed by atoms with Crippen LogP contribution in [-0.4, -0.2) is 70.5 Å². The molecule has 12 heteroatoms. The van der Waals surface area contributed by atoms with Gasteiger partial charge in [0.25, 0.3) is 11.8 Å². The first-order valence-corrected chi connectivity index (χ1v) is 16.4. The number of anilines is 4. The van der Waals surface area contributed by atoms with Gasteiger partial charge in [-0.25, -0.2) is 17.2 Å². The maximum absolute atomic E-state index is 13.9. The lowest BCUT2D eigenvalue weighted by Gasteiger charge is -2.36. The minimum atomic E-state index is -3.72. The van der Waals surface area contributed by atoms with Gasteiger partial charge < -0.3 is 25.0 Å². The van der Waals surface area contributed by atoms with Gasteiger partial charge in [0, 0.05) is 44.6 Å². The molecule has 4 aliphatic rings. The number of rotatable bonds is 8. The van der Waals surface area contributed by atoms with Crippen molar-refractivity contribution in [1.82, 2.24) is 0 Å². The molecule has 0 unspecified atom stereocenters. The van der Waals surface area contributed by atoms with E-state index in [1.807, 2.05) is 11.0 Å². The third-order valence-corrected chi connectivity index (χ3v) is 10.3. The van der Waals surface area contributed by atoms with E-state index in [9.17, 15) is 22.0 Å². The molecule has 1 saturated carbocycles. The second-order valence-corrected chi connectivity index (χ2v) is 13.9. The van der Waals surface area contributed by atoms with Crippen molar-refractivity contribution < 1.29 is 31.8 Å². The van der Waals surface area contributed by atoms with E-state index >= 15 is 0 Å². The monoisotopic (exact) mass is 604 g/mol. The van der Waals surface area contributed by atoms with E-state index in [1.54, 1.807) is 24.3 Å². The lowest BCUT2D eigenvalue weighted by Crippen LogP contribution is -2.39. The summed E-state index contributed by atoms with van der Waals surface area (Å²) < 4.78 is 61.0. The number of fused-ring (bicyclic) bond motifs is 1. The first kappa shape index (κ1) is 29.0. The fraction of sp³-hybridized carbons (Fsp3) is 0.567. The fourth-order valence-corrected chi connectivity index (χ4v) is 7.14. The number of sulfonamides is 1. The number of hydrogen-bond acceptors (Lipinski definition) is 7. The van der Waals surface area contributed by atoms with Gasteiger partial charge in [-0.15, -0.1) is 0 Å². The first-order valence-electron chi connectivity index (χ1n) is 14.8. The Morgan fingerprint density at radius 3 is 2.33 bits per heavy atom. The number of nitrogens with zero attached hydrogens (tertiary/aromatic N) is 2. The molecule has 0 bridgehead atoms. The molecule has 3 N–H and O–H groups in total. The molecular formula is C30H38F2N4O5S. The van der Waals surface area contributed by atoms with Crippen LogP contribution in [0.4, 0.5) is 31.5 Å². The molecular weight excluding hydrogens is 566 g/mol. The van der Waals surface area contributed by atoms with Gasteiger partial charge in [-0.2, -0.15) is 0 Å². The Kier molecular flexibility index (Phi) is 7.71. The standard InChI is InChI=1S/C30H38F2N4O5S/c31-30(32)9-13-36(14-10-30)26-19-22(18-21-2-1-16-41-27(21)26)28(38)33-24-4-3-23(34-42(39,40)17-15-37)20-25(24)35-11-7-29(5-6-29)8-12-35/h3-4,18-20,34,37H,1-2,5-17H2,(H,33,38). The Labute approximate surface area is 245 Å². The van der Waals surface area contributed by atoms with Gasteiger partial charge in [0.2, 0.25) is 10.0 Å². The summed E-state index contributed by atoms with van der Waals surface area (Å²) in [5, 5.41) is 12.2. The fourth-order valence-electron chi connectivity index (χ4n) is 6.31. The molecule has 0 atom stereocenters. The molecule has 3 aliphatic heterocycles. The van der Waals surface area contributed by atoms with Gasteiger partial charge in [0.05, 0.1) is 41.7 Å². The number of alkyl halides is 2. The average molecular weight is 605 g/mol. The van der Waals surface area contributed by atoms with Gasteiger partial charge in [-0.05, 0) is 79.8 Å².